The van der Waals surface area contributed by atoms with E-state index in [0.29, 0.717) is 6.42 Å². The molecule has 1 heterocycles. The Labute approximate surface area is 136 Å². The van der Waals surface area contributed by atoms with Crippen LogP contribution in [0.5, 0.6) is 0 Å². The molecule has 0 aliphatic carbocycles. The Morgan fingerprint density at radius 2 is 1.56 bits per heavy atom. The van der Waals surface area contributed by atoms with Gasteiger partial charge in [0.2, 0.25) is 11.8 Å². The van der Waals surface area contributed by atoms with Crippen LogP contribution in [0.15, 0.2) is 0 Å². The molecule has 0 aromatic carbocycles. The van der Waals surface area contributed by atoms with Gasteiger partial charge < -0.3 is 12.4 Å². The summed E-state index contributed by atoms with van der Waals surface area (Å²) in [5, 5.41) is 4.36. The van der Waals surface area contributed by atoms with Gasteiger partial charge in [-0.1, -0.05) is 27.2 Å². The van der Waals surface area contributed by atoms with Crippen molar-refractivity contribution in [3.8, 4) is 0 Å². The summed E-state index contributed by atoms with van der Waals surface area (Å²) < 4.78 is 0. The molecule has 18 heavy (non-hydrogen) atoms. The summed E-state index contributed by atoms with van der Waals surface area (Å²) in [5.41, 5.74) is -1.09. The van der Waals surface area contributed by atoms with E-state index in [4.69, 9.17) is 0 Å². The van der Waals surface area contributed by atoms with E-state index in [2.05, 4.69) is 10.6 Å². The molecule has 1 aliphatic rings. The summed E-state index contributed by atoms with van der Waals surface area (Å²) in [5.74, 6) is -1.01. The number of hydrogen-bond donors (Lipinski definition) is 2. The smallest absolute Gasteiger partial charge is 1.00 e. The van der Waals surface area contributed by atoms with Crippen LogP contribution in [0.2, 0.25) is 0 Å². The van der Waals surface area contributed by atoms with Crippen molar-refractivity contribution in [3.63, 3.8) is 0 Å². The fourth-order valence-electron chi connectivity index (χ4n) is 2.36. The first-order valence-corrected chi connectivity index (χ1v) is 5.65. The Hall–Kier alpha value is -0.1000. The Kier molecular flexibility index (Phi) is 9.15. The van der Waals surface area contributed by atoms with Crippen molar-refractivity contribution in [1.82, 2.24) is 10.6 Å². The second-order valence-corrected chi connectivity index (χ2v) is 4.25. The van der Waals surface area contributed by atoms with Gasteiger partial charge in [-0.15, -0.1) is 0 Å². The number of urea groups is 1. The molecular formula is C11H18ClN2NaO3. The SMILES string of the molecule is CCC[C@@H](C)C1(CC)C(=O)NC(=O)NC1=O.[Cl-].[Na+]. The minimum atomic E-state index is -1.09. The number of carbonyl (C=O) groups is 3. The summed E-state index contributed by atoms with van der Waals surface area (Å²) >= 11 is 0. The van der Waals surface area contributed by atoms with Crippen LogP contribution in [0.25, 0.3) is 0 Å². The normalized spacial score (nSPS) is 18.9. The molecule has 1 aliphatic heterocycles. The van der Waals surface area contributed by atoms with Crippen LogP contribution in [0.4, 0.5) is 4.79 Å². The third-order valence-electron chi connectivity index (χ3n) is 3.39. The summed E-state index contributed by atoms with van der Waals surface area (Å²) in [6, 6.07) is -0.720. The van der Waals surface area contributed by atoms with E-state index in [1.807, 2.05) is 13.8 Å². The van der Waals surface area contributed by atoms with Gasteiger partial charge in [-0.3, -0.25) is 20.2 Å². The zero-order valence-electron chi connectivity index (χ0n) is 11.3. The maximum absolute atomic E-state index is 11.9. The van der Waals surface area contributed by atoms with Crippen molar-refractivity contribution in [1.29, 1.82) is 0 Å². The van der Waals surface area contributed by atoms with E-state index in [-0.39, 0.29) is 47.9 Å². The molecule has 0 aromatic rings. The molecule has 0 radical (unpaired) electrons. The molecular weight excluding hydrogens is 267 g/mol. The number of hydrogen-bond acceptors (Lipinski definition) is 3. The van der Waals surface area contributed by atoms with Gasteiger partial charge in [0.15, 0.2) is 0 Å². The van der Waals surface area contributed by atoms with E-state index >= 15 is 0 Å². The summed E-state index contributed by atoms with van der Waals surface area (Å²) in [6.45, 7) is 5.67. The van der Waals surface area contributed by atoms with E-state index in [0.717, 1.165) is 12.8 Å². The van der Waals surface area contributed by atoms with Gasteiger partial charge in [0.25, 0.3) is 0 Å². The van der Waals surface area contributed by atoms with Crippen LogP contribution >= 0.6 is 0 Å². The Bertz CT molecular complexity index is 316. The fraction of sp³-hybridized carbons (Fsp3) is 0.727. The molecule has 1 fully saturated rings. The topological polar surface area (TPSA) is 75.3 Å². The predicted molar refractivity (Wildman–Crippen MR) is 58.5 cm³/mol. The summed E-state index contributed by atoms with van der Waals surface area (Å²) in [6.07, 6.45) is 2.08. The Morgan fingerprint density at radius 3 is 1.89 bits per heavy atom. The van der Waals surface area contributed by atoms with Crippen LogP contribution in [-0.2, 0) is 9.59 Å². The van der Waals surface area contributed by atoms with Gasteiger partial charge >= 0.3 is 35.6 Å². The third-order valence-corrected chi connectivity index (χ3v) is 3.39. The Morgan fingerprint density at radius 1 is 1.11 bits per heavy atom. The second-order valence-electron chi connectivity index (χ2n) is 4.25. The molecule has 98 valence electrons. The minimum Gasteiger partial charge on any atom is -1.00 e. The van der Waals surface area contributed by atoms with Crippen LogP contribution in [0.3, 0.4) is 0 Å². The third kappa shape index (κ3) is 3.47. The van der Waals surface area contributed by atoms with Crippen molar-refractivity contribution in [2.45, 2.75) is 40.0 Å². The fourth-order valence-corrected chi connectivity index (χ4v) is 2.36. The minimum absolute atomic E-state index is 0. The number of rotatable bonds is 4. The molecule has 1 atom stereocenters. The van der Waals surface area contributed by atoms with E-state index in [9.17, 15) is 14.4 Å². The van der Waals surface area contributed by atoms with Crippen molar-refractivity contribution >= 4 is 17.8 Å². The molecule has 0 unspecified atom stereocenters. The number of nitrogens with one attached hydrogen (secondary N) is 2. The van der Waals surface area contributed by atoms with Crippen LogP contribution in [0, 0.1) is 11.3 Å². The number of halogens is 1. The van der Waals surface area contributed by atoms with Crippen molar-refractivity contribution in [2.24, 2.45) is 11.3 Å². The first-order chi connectivity index (χ1) is 7.48. The molecule has 0 spiro atoms. The van der Waals surface area contributed by atoms with E-state index in [1.54, 1.807) is 6.92 Å². The van der Waals surface area contributed by atoms with Gasteiger partial charge in [-0.2, -0.15) is 0 Å². The van der Waals surface area contributed by atoms with Crippen molar-refractivity contribution < 1.29 is 56.3 Å². The number of imide groups is 2. The van der Waals surface area contributed by atoms with Crippen LogP contribution in [-0.4, -0.2) is 17.8 Å². The van der Waals surface area contributed by atoms with Crippen molar-refractivity contribution in [2.75, 3.05) is 0 Å². The molecule has 0 saturated carbocycles. The molecule has 5 nitrogen and oxygen atoms in total. The Balaban J connectivity index is 0. The van der Waals surface area contributed by atoms with Crippen LogP contribution < -0.4 is 52.6 Å². The number of amides is 4. The zero-order valence-corrected chi connectivity index (χ0v) is 14.1. The number of carbonyl (C=O) groups excluding carboxylic acids is 3. The molecule has 1 rings (SSSR count). The van der Waals surface area contributed by atoms with Gasteiger partial charge in [0.1, 0.15) is 5.41 Å². The molecule has 1 saturated heterocycles. The van der Waals surface area contributed by atoms with Gasteiger partial charge in [-0.25, -0.2) is 4.79 Å². The second kappa shape index (κ2) is 8.15. The average Bonchev–Trinajstić information content (AvgIpc) is 2.18. The van der Waals surface area contributed by atoms with Gasteiger partial charge in [0.05, 0.1) is 0 Å². The maximum atomic E-state index is 11.9. The molecule has 0 bridgehead atoms. The van der Waals surface area contributed by atoms with Crippen LogP contribution in [0.1, 0.15) is 40.0 Å². The number of barbiturate groups is 1. The molecule has 0 aromatic heterocycles. The predicted octanol–water partition coefficient (Wildman–Crippen LogP) is -4.81. The zero-order chi connectivity index (χ0) is 12.3. The first-order valence-electron chi connectivity index (χ1n) is 5.65. The van der Waals surface area contributed by atoms with E-state index in [1.165, 1.54) is 0 Å². The standard InChI is InChI=1S/C11H18N2O3.ClH.Na/c1-4-6-7(3)11(5-2)8(14)12-10(16)13-9(11)15;;/h7H,4-6H2,1-3H3,(H2,12,13,14,15,16);1H;/q;;+1/p-1/t7-;;/m1../s1. The average molecular weight is 285 g/mol. The van der Waals surface area contributed by atoms with Gasteiger partial charge in [-0.05, 0) is 18.8 Å². The molecule has 2 N–H and O–H groups in total. The van der Waals surface area contributed by atoms with Gasteiger partial charge in [0, 0.05) is 0 Å². The summed E-state index contributed by atoms with van der Waals surface area (Å²) in [4.78, 5) is 34.8. The maximum Gasteiger partial charge on any atom is 1.00 e. The first kappa shape index (κ1) is 20.2. The molecule has 4 amide bonds. The largest absolute Gasteiger partial charge is 1.00 e. The summed E-state index contributed by atoms with van der Waals surface area (Å²) in [7, 11) is 0. The van der Waals surface area contributed by atoms with Crippen molar-refractivity contribution in [3.05, 3.63) is 0 Å². The quantitative estimate of drug-likeness (QED) is 0.402. The van der Waals surface area contributed by atoms with E-state index < -0.39 is 23.3 Å². The monoisotopic (exact) mass is 284 g/mol. The molecule has 7 heteroatoms.